The molecule has 1 rings (SSSR count). The maximum atomic E-state index is 12.9. The van der Waals surface area contributed by atoms with Crippen molar-refractivity contribution in [3.63, 3.8) is 0 Å². The van der Waals surface area contributed by atoms with Gasteiger partial charge in [-0.2, -0.15) is 0 Å². The smallest absolute Gasteiger partial charge is 0.126 e. The fourth-order valence-electron chi connectivity index (χ4n) is 1.06. The van der Waals surface area contributed by atoms with Crippen LogP contribution in [0.25, 0.3) is 0 Å². The summed E-state index contributed by atoms with van der Waals surface area (Å²) in [6.45, 7) is 7.49. The van der Waals surface area contributed by atoms with Gasteiger partial charge in [-0.15, -0.1) is 0 Å². The molecule has 0 radical (unpaired) electrons. The number of nitrogens with zero attached hydrogens (tertiary/aromatic N) is 1. The standard InChI is InChI=1S/C11H14FN/c1-8(2)13(4)10-5-6-11(12)9(3)7-10/h5-7H,1H2,2-4H3. The maximum Gasteiger partial charge on any atom is 0.126 e. The van der Waals surface area contributed by atoms with Crippen LogP contribution in [0.15, 0.2) is 30.5 Å². The molecular formula is C11H14FN. The van der Waals surface area contributed by atoms with Crippen molar-refractivity contribution in [3.8, 4) is 0 Å². The number of halogens is 1. The molecule has 0 bridgehead atoms. The monoisotopic (exact) mass is 179 g/mol. The Morgan fingerprint density at radius 3 is 2.54 bits per heavy atom. The Kier molecular flexibility index (Phi) is 2.71. The lowest BCUT2D eigenvalue weighted by molar-refractivity contribution is 0.618. The van der Waals surface area contributed by atoms with Crippen LogP contribution in [0.2, 0.25) is 0 Å². The van der Waals surface area contributed by atoms with E-state index in [4.69, 9.17) is 0 Å². The van der Waals surface area contributed by atoms with E-state index in [2.05, 4.69) is 6.58 Å². The molecule has 0 saturated heterocycles. The Balaban J connectivity index is 3.03. The highest BCUT2D eigenvalue weighted by atomic mass is 19.1. The summed E-state index contributed by atoms with van der Waals surface area (Å²) in [6.07, 6.45) is 0. The van der Waals surface area contributed by atoms with E-state index in [1.807, 2.05) is 24.9 Å². The number of anilines is 1. The third kappa shape index (κ3) is 2.08. The van der Waals surface area contributed by atoms with Crippen LogP contribution in [0.5, 0.6) is 0 Å². The van der Waals surface area contributed by atoms with E-state index in [9.17, 15) is 4.39 Å². The topological polar surface area (TPSA) is 3.24 Å². The van der Waals surface area contributed by atoms with Gasteiger partial charge in [-0.3, -0.25) is 0 Å². The van der Waals surface area contributed by atoms with Gasteiger partial charge in [0.15, 0.2) is 0 Å². The largest absolute Gasteiger partial charge is 0.349 e. The molecule has 0 N–H and O–H groups in total. The van der Waals surface area contributed by atoms with Crippen molar-refractivity contribution in [2.45, 2.75) is 13.8 Å². The zero-order chi connectivity index (χ0) is 10.0. The Morgan fingerprint density at radius 2 is 2.08 bits per heavy atom. The van der Waals surface area contributed by atoms with E-state index < -0.39 is 0 Å². The van der Waals surface area contributed by atoms with Gasteiger partial charge in [-0.25, -0.2) is 4.39 Å². The van der Waals surface area contributed by atoms with E-state index >= 15 is 0 Å². The first-order chi connectivity index (χ1) is 6.02. The average Bonchev–Trinajstić information content (AvgIpc) is 2.08. The molecule has 0 unspecified atom stereocenters. The molecular weight excluding hydrogens is 165 g/mol. The molecule has 1 aromatic rings. The lowest BCUT2D eigenvalue weighted by atomic mass is 10.2. The van der Waals surface area contributed by atoms with E-state index in [0.29, 0.717) is 5.56 Å². The molecule has 1 aromatic carbocycles. The highest BCUT2D eigenvalue weighted by Gasteiger charge is 2.03. The Morgan fingerprint density at radius 1 is 1.46 bits per heavy atom. The van der Waals surface area contributed by atoms with Crippen molar-refractivity contribution in [2.24, 2.45) is 0 Å². The van der Waals surface area contributed by atoms with E-state index in [0.717, 1.165) is 11.4 Å². The van der Waals surface area contributed by atoms with Gasteiger partial charge in [0.25, 0.3) is 0 Å². The Labute approximate surface area is 78.5 Å². The molecule has 0 spiro atoms. The van der Waals surface area contributed by atoms with Crippen LogP contribution in [0.4, 0.5) is 10.1 Å². The number of benzene rings is 1. The average molecular weight is 179 g/mol. The van der Waals surface area contributed by atoms with Crippen molar-refractivity contribution >= 4 is 5.69 Å². The third-order valence-electron chi connectivity index (χ3n) is 2.10. The Hall–Kier alpha value is -1.31. The summed E-state index contributed by atoms with van der Waals surface area (Å²) in [5, 5.41) is 0. The molecule has 13 heavy (non-hydrogen) atoms. The van der Waals surface area contributed by atoms with Crippen LogP contribution in [-0.2, 0) is 0 Å². The van der Waals surface area contributed by atoms with Gasteiger partial charge in [0.2, 0.25) is 0 Å². The van der Waals surface area contributed by atoms with E-state index in [1.165, 1.54) is 6.07 Å². The first-order valence-corrected chi connectivity index (χ1v) is 4.17. The zero-order valence-corrected chi connectivity index (χ0v) is 8.26. The minimum absolute atomic E-state index is 0.168. The van der Waals surface area contributed by atoms with Crippen LogP contribution in [0.1, 0.15) is 12.5 Å². The lowest BCUT2D eigenvalue weighted by Gasteiger charge is -2.19. The molecule has 0 atom stereocenters. The van der Waals surface area contributed by atoms with Crippen LogP contribution in [0, 0.1) is 12.7 Å². The summed E-state index contributed by atoms with van der Waals surface area (Å²) in [4.78, 5) is 1.92. The third-order valence-corrected chi connectivity index (χ3v) is 2.10. The zero-order valence-electron chi connectivity index (χ0n) is 8.26. The Bertz CT molecular complexity index is 331. The van der Waals surface area contributed by atoms with Crippen molar-refractivity contribution in [1.29, 1.82) is 0 Å². The molecule has 0 aliphatic rings. The summed E-state index contributed by atoms with van der Waals surface area (Å²) in [5.41, 5.74) is 2.56. The van der Waals surface area contributed by atoms with Gasteiger partial charge in [-0.05, 0) is 37.6 Å². The molecule has 0 aromatic heterocycles. The lowest BCUT2D eigenvalue weighted by Crippen LogP contribution is -2.13. The van der Waals surface area contributed by atoms with E-state index in [1.54, 1.807) is 13.0 Å². The summed E-state index contributed by atoms with van der Waals surface area (Å²) in [7, 11) is 1.91. The molecule has 0 saturated carbocycles. The second-order valence-electron chi connectivity index (χ2n) is 3.23. The normalized spacial score (nSPS) is 9.85. The molecule has 0 heterocycles. The van der Waals surface area contributed by atoms with Gasteiger partial charge in [0.1, 0.15) is 5.82 Å². The van der Waals surface area contributed by atoms with Crippen LogP contribution < -0.4 is 4.90 Å². The minimum atomic E-state index is -0.168. The highest BCUT2D eigenvalue weighted by molar-refractivity contribution is 5.52. The number of hydrogen-bond donors (Lipinski definition) is 0. The van der Waals surface area contributed by atoms with Gasteiger partial charge in [-0.1, -0.05) is 6.58 Å². The molecule has 0 amide bonds. The van der Waals surface area contributed by atoms with E-state index in [-0.39, 0.29) is 5.82 Å². The van der Waals surface area contributed by atoms with Gasteiger partial charge < -0.3 is 4.90 Å². The summed E-state index contributed by atoms with van der Waals surface area (Å²) < 4.78 is 12.9. The fourth-order valence-corrected chi connectivity index (χ4v) is 1.06. The van der Waals surface area contributed by atoms with Crippen molar-refractivity contribution in [3.05, 3.63) is 41.9 Å². The van der Waals surface area contributed by atoms with Crippen LogP contribution >= 0.6 is 0 Å². The van der Waals surface area contributed by atoms with Gasteiger partial charge >= 0.3 is 0 Å². The molecule has 1 nitrogen and oxygen atoms in total. The number of aryl methyl sites for hydroxylation is 1. The minimum Gasteiger partial charge on any atom is -0.349 e. The number of hydrogen-bond acceptors (Lipinski definition) is 1. The SMILES string of the molecule is C=C(C)N(C)c1ccc(F)c(C)c1. The second-order valence-corrected chi connectivity index (χ2v) is 3.23. The quantitative estimate of drug-likeness (QED) is 0.674. The van der Waals surface area contributed by atoms with Gasteiger partial charge in [0.05, 0.1) is 0 Å². The molecule has 0 aliphatic carbocycles. The molecule has 2 heteroatoms. The summed E-state index contributed by atoms with van der Waals surface area (Å²) in [6, 6.07) is 5.03. The predicted molar refractivity (Wildman–Crippen MR) is 54.4 cm³/mol. The van der Waals surface area contributed by atoms with Crippen LogP contribution in [-0.4, -0.2) is 7.05 Å². The maximum absolute atomic E-state index is 12.9. The summed E-state index contributed by atoms with van der Waals surface area (Å²) >= 11 is 0. The van der Waals surface area contributed by atoms with Crippen molar-refractivity contribution < 1.29 is 4.39 Å². The number of rotatable bonds is 2. The summed E-state index contributed by atoms with van der Waals surface area (Å²) in [5.74, 6) is -0.168. The van der Waals surface area contributed by atoms with Crippen LogP contribution in [0.3, 0.4) is 0 Å². The highest BCUT2D eigenvalue weighted by Crippen LogP contribution is 2.19. The first kappa shape index (κ1) is 9.78. The first-order valence-electron chi connectivity index (χ1n) is 4.17. The van der Waals surface area contributed by atoms with Crippen molar-refractivity contribution in [1.82, 2.24) is 0 Å². The second kappa shape index (κ2) is 3.60. The molecule has 0 fully saturated rings. The molecule has 0 aliphatic heterocycles. The van der Waals surface area contributed by atoms with Crippen molar-refractivity contribution in [2.75, 3.05) is 11.9 Å². The molecule has 70 valence electrons. The predicted octanol–water partition coefficient (Wildman–Crippen LogP) is 3.10. The van der Waals surface area contributed by atoms with Gasteiger partial charge in [0, 0.05) is 18.4 Å². The number of allylic oxidation sites excluding steroid dienone is 1. The fraction of sp³-hybridized carbons (Fsp3) is 0.273.